The molecule has 21 heavy (non-hydrogen) atoms. The van der Waals surface area contributed by atoms with Crippen molar-refractivity contribution in [1.29, 1.82) is 0 Å². The lowest BCUT2D eigenvalue weighted by Gasteiger charge is -2.09. The SMILES string of the molecule is O=C(Nc1ccnc2c(Cl)cccc12)c1cccc(Cl)c1. The van der Waals surface area contributed by atoms with Crippen molar-refractivity contribution in [3.63, 3.8) is 0 Å². The van der Waals surface area contributed by atoms with Crippen molar-refractivity contribution in [2.45, 2.75) is 0 Å². The minimum absolute atomic E-state index is 0.232. The molecule has 3 rings (SSSR count). The summed E-state index contributed by atoms with van der Waals surface area (Å²) in [5.74, 6) is -0.232. The lowest BCUT2D eigenvalue weighted by molar-refractivity contribution is 0.102. The van der Waals surface area contributed by atoms with Crippen molar-refractivity contribution in [2.75, 3.05) is 5.32 Å². The Bertz CT molecular complexity index is 833. The Morgan fingerprint density at radius 3 is 2.67 bits per heavy atom. The Kier molecular flexibility index (Phi) is 3.78. The van der Waals surface area contributed by atoms with Crippen LogP contribution in [-0.2, 0) is 0 Å². The molecular weight excluding hydrogens is 307 g/mol. The second-order valence-corrected chi connectivity index (χ2v) is 5.30. The van der Waals surface area contributed by atoms with Crippen LogP contribution in [0, 0.1) is 0 Å². The summed E-state index contributed by atoms with van der Waals surface area (Å²) in [5, 5.41) is 4.72. The van der Waals surface area contributed by atoms with Gasteiger partial charge in [0.05, 0.1) is 16.2 Å². The zero-order chi connectivity index (χ0) is 14.8. The van der Waals surface area contributed by atoms with Crippen molar-refractivity contribution in [2.24, 2.45) is 0 Å². The maximum Gasteiger partial charge on any atom is 0.255 e. The summed E-state index contributed by atoms with van der Waals surface area (Å²) in [6, 6.07) is 14.0. The molecule has 0 saturated carbocycles. The van der Waals surface area contributed by atoms with Crippen LogP contribution in [0.4, 0.5) is 5.69 Å². The lowest BCUT2D eigenvalue weighted by Crippen LogP contribution is -2.12. The zero-order valence-electron chi connectivity index (χ0n) is 10.8. The minimum atomic E-state index is -0.232. The first-order valence-corrected chi connectivity index (χ1v) is 7.01. The molecule has 0 fully saturated rings. The molecule has 1 amide bonds. The average molecular weight is 317 g/mol. The van der Waals surface area contributed by atoms with Crippen LogP contribution in [0.1, 0.15) is 10.4 Å². The summed E-state index contributed by atoms with van der Waals surface area (Å²) in [7, 11) is 0. The number of para-hydroxylation sites is 1. The third kappa shape index (κ3) is 2.84. The summed E-state index contributed by atoms with van der Waals surface area (Å²) < 4.78 is 0. The van der Waals surface area contributed by atoms with E-state index in [2.05, 4.69) is 10.3 Å². The van der Waals surface area contributed by atoms with Gasteiger partial charge in [-0.1, -0.05) is 41.4 Å². The Balaban J connectivity index is 1.99. The number of aromatic nitrogens is 1. The molecule has 0 bridgehead atoms. The number of carbonyl (C=O) groups excluding carboxylic acids is 1. The molecular formula is C16H10Cl2N2O. The van der Waals surface area contributed by atoms with E-state index in [9.17, 15) is 4.79 Å². The van der Waals surface area contributed by atoms with Crippen LogP contribution in [0.2, 0.25) is 10.0 Å². The average Bonchev–Trinajstić information content (AvgIpc) is 2.48. The van der Waals surface area contributed by atoms with Crippen molar-refractivity contribution < 1.29 is 4.79 Å². The minimum Gasteiger partial charge on any atom is -0.321 e. The van der Waals surface area contributed by atoms with Gasteiger partial charge in [0.15, 0.2) is 0 Å². The van der Waals surface area contributed by atoms with Crippen molar-refractivity contribution in [3.8, 4) is 0 Å². The van der Waals surface area contributed by atoms with Crippen LogP contribution in [0.5, 0.6) is 0 Å². The van der Waals surface area contributed by atoms with E-state index < -0.39 is 0 Å². The van der Waals surface area contributed by atoms with Gasteiger partial charge in [0.25, 0.3) is 5.91 Å². The van der Waals surface area contributed by atoms with E-state index in [1.165, 1.54) is 0 Å². The van der Waals surface area contributed by atoms with Crippen molar-refractivity contribution in [1.82, 2.24) is 4.98 Å². The molecule has 0 aliphatic heterocycles. The highest BCUT2D eigenvalue weighted by atomic mass is 35.5. The van der Waals surface area contributed by atoms with E-state index in [1.54, 1.807) is 42.6 Å². The maximum atomic E-state index is 12.3. The molecule has 0 spiro atoms. The normalized spacial score (nSPS) is 10.6. The molecule has 0 aliphatic carbocycles. The molecule has 0 saturated heterocycles. The Morgan fingerprint density at radius 2 is 1.86 bits per heavy atom. The standard InChI is InChI=1S/C16H10Cl2N2O/c17-11-4-1-3-10(9-11)16(21)20-14-7-8-19-15-12(14)5-2-6-13(15)18/h1-9H,(H,19,20,21). The first-order chi connectivity index (χ1) is 10.1. The molecule has 0 radical (unpaired) electrons. The number of rotatable bonds is 2. The number of pyridine rings is 1. The zero-order valence-corrected chi connectivity index (χ0v) is 12.3. The molecule has 1 N–H and O–H groups in total. The van der Waals surface area contributed by atoms with Gasteiger partial charge in [-0.05, 0) is 30.3 Å². The number of hydrogen-bond acceptors (Lipinski definition) is 2. The van der Waals surface area contributed by atoms with Gasteiger partial charge in [-0.2, -0.15) is 0 Å². The summed E-state index contributed by atoms with van der Waals surface area (Å²) in [6.07, 6.45) is 1.61. The van der Waals surface area contributed by atoms with Crippen LogP contribution in [-0.4, -0.2) is 10.9 Å². The number of benzene rings is 2. The van der Waals surface area contributed by atoms with Gasteiger partial charge >= 0.3 is 0 Å². The maximum absolute atomic E-state index is 12.3. The second-order valence-electron chi connectivity index (χ2n) is 4.46. The van der Waals surface area contributed by atoms with Crippen LogP contribution in [0.25, 0.3) is 10.9 Å². The number of carbonyl (C=O) groups is 1. The van der Waals surface area contributed by atoms with E-state index in [0.29, 0.717) is 26.8 Å². The van der Waals surface area contributed by atoms with Gasteiger partial charge in [0, 0.05) is 22.2 Å². The summed E-state index contributed by atoms with van der Waals surface area (Å²) in [5.41, 5.74) is 1.81. The molecule has 2 aromatic carbocycles. The smallest absolute Gasteiger partial charge is 0.255 e. The number of nitrogens with one attached hydrogen (secondary N) is 1. The fourth-order valence-electron chi connectivity index (χ4n) is 2.07. The monoisotopic (exact) mass is 316 g/mol. The largest absolute Gasteiger partial charge is 0.321 e. The first-order valence-electron chi connectivity index (χ1n) is 6.25. The molecule has 1 heterocycles. The van der Waals surface area contributed by atoms with Crippen molar-refractivity contribution >= 4 is 45.7 Å². The molecule has 0 unspecified atom stereocenters. The molecule has 0 atom stereocenters. The number of anilines is 1. The van der Waals surface area contributed by atoms with Gasteiger partial charge in [-0.3, -0.25) is 9.78 Å². The van der Waals surface area contributed by atoms with Gasteiger partial charge in [-0.15, -0.1) is 0 Å². The highest BCUT2D eigenvalue weighted by Gasteiger charge is 2.10. The van der Waals surface area contributed by atoms with E-state index in [1.807, 2.05) is 12.1 Å². The Morgan fingerprint density at radius 1 is 1.05 bits per heavy atom. The van der Waals surface area contributed by atoms with Crippen LogP contribution in [0.3, 0.4) is 0 Å². The molecule has 5 heteroatoms. The summed E-state index contributed by atoms with van der Waals surface area (Å²) in [4.78, 5) is 16.5. The van der Waals surface area contributed by atoms with Gasteiger partial charge in [-0.25, -0.2) is 0 Å². The molecule has 0 aliphatic rings. The Labute approximate surface area is 131 Å². The number of halogens is 2. The number of fused-ring (bicyclic) bond motifs is 1. The molecule has 104 valence electrons. The predicted molar refractivity (Wildman–Crippen MR) is 86.2 cm³/mol. The van der Waals surface area contributed by atoms with Crippen molar-refractivity contribution in [3.05, 3.63) is 70.3 Å². The van der Waals surface area contributed by atoms with E-state index in [4.69, 9.17) is 23.2 Å². The first kappa shape index (κ1) is 13.9. The van der Waals surface area contributed by atoms with Crippen LogP contribution >= 0.6 is 23.2 Å². The van der Waals surface area contributed by atoms with Gasteiger partial charge in [0.2, 0.25) is 0 Å². The fourth-order valence-corrected chi connectivity index (χ4v) is 2.49. The fraction of sp³-hybridized carbons (Fsp3) is 0. The molecule has 3 nitrogen and oxygen atoms in total. The quantitative estimate of drug-likeness (QED) is 0.738. The summed E-state index contributed by atoms with van der Waals surface area (Å²) >= 11 is 12.0. The van der Waals surface area contributed by atoms with E-state index in [-0.39, 0.29) is 5.91 Å². The van der Waals surface area contributed by atoms with E-state index >= 15 is 0 Å². The highest BCUT2D eigenvalue weighted by molar-refractivity contribution is 6.35. The number of amides is 1. The van der Waals surface area contributed by atoms with Gasteiger partial charge < -0.3 is 5.32 Å². The summed E-state index contributed by atoms with van der Waals surface area (Å²) in [6.45, 7) is 0. The van der Waals surface area contributed by atoms with Gasteiger partial charge in [0.1, 0.15) is 0 Å². The molecule has 3 aromatic rings. The Hall–Kier alpha value is -2.10. The van der Waals surface area contributed by atoms with Crippen LogP contribution in [0.15, 0.2) is 54.7 Å². The highest BCUT2D eigenvalue weighted by Crippen LogP contribution is 2.27. The predicted octanol–water partition coefficient (Wildman–Crippen LogP) is 4.79. The second kappa shape index (κ2) is 5.72. The number of nitrogens with zero attached hydrogens (tertiary/aromatic N) is 1. The van der Waals surface area contributed by atoms with Crippen LogP contribution < -0.4 is 5.32 Å². The lowest BCUT2D eigenvalue weighted by atomic mass is 10.1. The number of hydrogen-bond donors (Lipinski definition) is 1. The van der Waals surface area contributed by atoms with E-state index in [0.717, 1.165) is 5.39 Å². The third-order valence-electron chi connectivity index (χ3n) is 3.06. The third-order valence-corrected chi connectivity index (χ3v) is 3.60. The topological polar surface area (TPSA) is 42.0 Å². The molecule has 1 aromatic heterocycles.